The van der Waals surface area contributed by atoms with Crippen molar-refractivity contribution in [1.82, 2.24) is 5.32 Å². The molecule has 0 fully saturated rings. The van der Waals surface area contributed by atoms with Crippen LogP contribution >= 0.6 is 11.6 Å². The Bertz CT molecular complexity index is 531. The first kappa shape index (κ1) is 12.5. The number of halogens is 1. The number of hydrogen-bond donors (Lipinski definition) is 2. The summed E-state index contributed by atoms with van der Waals surface area (Å²) in [5, 5.41) is 12.8. The highest BCUT2D eigenvalue weighted by atomic mass is 35.5. The van der Waals surface area contributed by atoms with E-state index in [0.29, 0.717) is 5.02 Å². The maximum Gasteiger partial charge on any atom is 0.337 e. The van der Waals surface area contributed by atoms with Crippen molar-refractivity contribution < 1.29 is 9.90 Å². The zero-order chi connectivity index (χ0) is 13.0. The summed E-state index contributed by atoms with van der Waals surface area (Å²) in [6.45, 7) is 0. The number of carboxylic acids is 1. The molecule has 0 aliphatic carbocycles. The first-order valence-electron chi connectivity index (χ1n) is 5.43. The Morgan fingerprint density at radius 1 is 1.28 bits per heavy atom. The number of rotatable bonds is 3. The van der Waals surface area contributed by atoms with E-state index in [0.717, 1.165) is 5.56 Å². The molecule has 1 aromatic rings. The van der Waals surface area contributed by atoms with E-state index in [1.54, 1.807) is 48.7 Å². The van der Waals surface area contributed by atoms with E-state index >= 15 is 0 Å². The van der Waals surface area contributed by atoms with Crippen LogP contribution < -0.4 is 5.32 Å². The van der Waals surface area contributed by atoms with Gasteiger partial charge in [-0.05, 0) is 42.1 Å². The van der Waals surface area contributed by atoms with Crippen LogP contribution in [0.3, 0.4) is 0 Å². The van der Waals surface area contributed by atoms with Gasteiger partial charge in [-0.2, -0.15) is 0 Å². The van der Waals surface area contributed by atoms with Gasteiger partial charge < -0.3 is 10.4 Å². The van der Waals surface area contributed by atoms with E-state index in [-0.39, 0.29) is 0 Å². The topological polar surface area (TPSA) is 49.3 Å². The minimum atomic E-state index is -1.19. The first-order chi connectivity index (χ1) is 8.62. The molecular formula is C14H12ClNO2. The summed E-state index contributed by atoms with van der Waals surface area (Å²) in [6.07, 6.45) is 10.0. The fraction of sp³-hybridized carbons (Fsp3) is 0.0714. The van der Waals surface area contributed by atoms with Gasteiger partial charge in [0.15, 0.2) is 5.54 Å². The van der Waals surface area contributed by atoms with Gasteiger partial charge in [0.05, 0.1) is 0 Å². The molecule has 2 N–H and O–H groups in total. The summed E-state index contributed by atoms with van der Waals surface area (Å²) in [7, 11) is 0. The largest absolute Gasteiger partial charge is 0.479 e. The second-order valence-corrected chi connectivity index (χ2v) is 4.36. The van der Waals surface area contributed by atoms with Gasteiger partial charge in [0.1, 0.15) is 0 Å². The summed E-state index contributed by atoms with van der Waals surface area (Å²) in [5.74, 6) is -0.951. The Kier molecular flexibility index (Phi) is 3.53. The summed E-state index contributed by atoms with van der Waals surface area (Å²) in [4.78, 5) is 11.3. The third-order valence-electron chi connectivity index (χ3n) is 2.65. The van der Waals surface area contributed by atoms with Crippen molar-refractivity contribution in [3.05, 3.63) is 65.4 Å². The van der Waals surface area contributed by atoms with Crippen LogP contribution in [0.1, 0.15) is 5.56 Å². The predicted molar refractivity (Wildman–Crippen MR) is 72.3 cm³/mol. The number of aliphatic carboxylic acids is 1. The summed E-state index contributed by atoms with van der Waals surface area (Å²) in [5.41, 5.74) is -0.293. The number of allylic oxidation sites excluding steroid dienone is 2. The maximum atomic E-state index is 11.3. The van der Waals surface area contributed by atoms with Crippen LogP contribution in [0.25, 0.3) is 6.08 Å². The molecule has 2 rings (SSSR count). The van der Waals surface area contributed by atoms with E-state index in [4.69, 9.17) is 11.6 Å². The average molecular weight is 262 g/mol. The number of carboxylic acid groups (broad SMARTS) is 1. The average Bonchev–Trinajstić information content (AvgIpc) is 2.39. The molecule has 1 heterocycles. The van der Waals surface area contributed by atoms with Crippen molar-refractivity contribution in [2.24, 2.45) is 0 Å². The zero-order valence-electron chi connectivity index (χ0n) is 9.51. The van der Waals surface area contributed by atoms with Gasteiger partial charge in [-0.25, -0.2) is 4.79 Å². The Morgan fingerprint density at radius 3 is 2.56 bits per heavy atom. The zero-order valence-corrected chi connectivity index (χ0v) is 10.3. The van der Waals surface area contributed by atoms with Crippen molar-refractivity contribution in [2.45, 2.75) is 5.54 Å². The molecule has 4 heteroatoms. The highest BCUT2D eigenvalue weighted by Gasteiger charge is 2.32. The molecule has 1 aromatic carbocycles. The standard InChI is InChI=1S/C14H12ClNO2/c15-12-5-3-11(4-6-12)7-9-14(13(17)18)8-1-2-10-16-14/h1-10,16H,(H,17,18). The summed E-state index contributed by atoms with van der Waals surface area (Å²) >= 11 is 5.79. The lowest BCUT2D eigenvalue weighted by atomic mass is 9.96. The second kappa shape index (κ2) is 5.10. The number of nitrogens with one attached hydrogen (secondary N) is 1. The summed E-state index contributed by atoms with van der Waals surface area (Å²) < 4.78 is 0. The SMILES string of the molecule is O=C(O)C1(C=Cc2ccc(Cl)cc2)C=CC=CN1. The quantitative estimate of drug-likeness (QED) is 0.880. The lowest BCUT2D eigenvalue weighted by Crippen LogP contribution is -2.47. The number of benzene rings is 1. The van der Waals surface area contributed by atoms with Gasteiger partial charge in [0, 0.05) is 5.02 Å². The van der Waals surface area contributed by atoms with Gasteiger partial charge in [-0.15, -0.1) is 0 Å². The van der Waals surface area contributed by atoms with E-state index in [9.17, 15) is 9.90 Å². The number of hydrogen-bond acceptors (Lipinski definition) is 2. The first-order valence-corrected chi connectivity index (χ1v) is 5.80. The van der Waals surface area contributed by atoms with E-state index in [1.165, 1.54) is 0 Å². The molecule has 0 saturated heterocycles. The van der Waals surface area contributed by atoms with Gasteiger partial charge in [0.2, 0.25) is 0 Å². The van der Waals surface area contributed by atoms with Crippen LogP contribution in [0.5, 0.6) is 0 Å². The smallest absolute Gasteiger partial charge is 0.337 e. The Labute approximate surface area is 110 Å². The van der Waals surface area contributed by atoms with Crippen molar-refractivity contribution in [1.29, 1.82) is 0 Å². The highest BCUT2D eigenvalue weighted by Crippen LogP contribution is 2.17. The Hall–Kier alpha value is -2.00. The Balaban J connectivity index is 2.24. The maximum absolute atomic E-state index is 11.3. The van der Waals surface area contributed by atoms with Crippen molar-refractivity contribution in [3.63, 3.8) is 0 Å². The number of dihydropyridines is 1. The van der Waals surface area contributed by atoms with Crippen molar-refractivity contribution >= 4 is 23.6 Å². The monoisotopic (exact) mass is 261 g/mol. The molecule has 0 spiro atoms. The normalized spacial score (nSPS) is 22.1. The van der Waals surface area contributed by atoms with Crippen LogP contribution in [0, 0.1) is 0 Å². The number of carbonyl (C=O) groups is 1. The molecule has 3 nitrogen and oxygen atoms in total. The molecule has 0 bridgehead atoms. The fourth-order valence-corrected chi connectivity index (χ4v) is 1.73. The van der Waals surface area contributed by atoms with Crippen LogP contribution in [0.2, 0.25) is 5.02 Å². The highest BCUT2D eigenvalue weighted by molar-refractivity contribution is 6.30. The van der Waals surface area contributed by atoms with Crippen LogP contribution in [-0.4, -0.2) is 16.6 Å². The minimum absolute atomic E-state index is 0.652. The lowest BCUT2D eigenvalue weighted by Gasteiger charge is -2.24. The van der Waals surface area contributed by atoms with Gasteiger partial charge >= 0.3 is 5.97 Å². The predicted octanol–water partition coefficient (Wildman–Crippen LogP) is 2.85. The molecular weight excluding hydrogens is 250 g/mol. The van der Waals surface area contributed by atoms with Gasteiger partial charge in [-0.1, -0.05) is 35.9 Å². The van der Waals surface area contributed by atoms with Crippen LogP contribution in [-0.2, 0) is 4.79 Å². The molecule has 18 heavy (non-hydrogen) atoms. The minimum Gasteiger partial charge on any atom is -0.479 e. The van der Waals surface area contributed by atoms with Crippen LogP contribution in [0.15, 0.2) is 54.8 Å². The fourth-order valence-electron chi connectivity index (χ4n) is 1.61. The molecule has 1 unspecified atom stereocenters. The molecule has 1 atom stereocenters. The molecule has 0 radical (unpaired) electrons. The van der Waals surface area contributed by atoms with Crippen molar-refractivity contribution in [2.75, 3.05) is 0 Å². The molecule has 1 aliphatic rings. The Morgan fingerprint density at radius 2 is 2.00 bits per heavy atom. The molecule has 0 saturated carbocycles. The van der Waals surface area contributed by atoms with E-state index in [1.807, 2.05) is 12.1 Å². The van der Waals surface area contributed by atoms with E-state index < -0.39 is 11.5 Å². The molecule has 1 aliphatic heterocycles. The summed E-state index contributed by atoms with van der Waals surface area (Å²) in [6, 6.07) is 7.19. The van der Waals surface area contributed by atoms with Crippen LogP contribution in [0.4, 0.5) is 0 Å². The second-order valence-electron chi connectivity index (χ2n) is 3.92. The molecule has 92 valence electrons. The van der Waals surface area contributed by atoms with Gasteiger partial charge in [0.25, 0.3) is 0 Å². The third kappa shape index (κ3) is 2.63. The van der Waals surface area contributed by atoms with Crippen molar-refractivity contribution in [3.8, 4) is 0 Å². The third-order valence-corrected chi connectivity index (χ3v) is 2.90. The lowest BCUT2D eigenvalue weighted by molar-refractivity contribution is -0.140. The molecule has 0 amide bonds. The van der Waals surface area contributed by atoms with Gasteiger partial charge in [-0.3, -0.25) is 0 Å². The van der Waals surface area contributed by atoms with E-state index in [2.05, 4.69) is 5.32 Å². The molecule has 0 aromatic heterocycles.